The van der Waals surface area contributed by atoms with Crippen LogP contribution in [0.2, 0.25) is 5.15 Å². The Morgan fingerprint density at radius 3 is 2.50 bits per heavy atom. The average Bonchev–Trinajstić information content (AvgIpc) is 2.20. The van der Waals surface area contributed by atoms with Gasteiger partial charge >= 0.3 is 0 Å². The molecule has 0 N–H and O–H groups in total. The van der Waals surface area contributed by atoms with Gasteiger partial charge < -0.3 is 4.90 Å². The van der Waals surface area contributed by atoms with Crippen LogP contribution in [0.4, 0.5) is 5.69 Å². The van der Waals surface area contributed by atoms with Crippen molar-refractivity contribution in [1.82, 2.24) is 4.98 Å². The molecule has 2 unspecified atom stereocenters. The molecule has 2 heterocycles. The zero-order chi connectivity index (χ0) is 11.7. The quantitative estimate of drug-likeness (QED) is 0.692. The molecule has 0 radical (unpaired) electrons. The second kappa shape index (κ2) is 4.62. The van der Waals surface area contributed by atoms with Crippen LogP contribution >= 0.6 is 11.6 Å². The Kier molecular flexibility index (Phi) is 3.38. The van der Waals surface area contributed by atoms with Crippen molar-refractivity contribution in [2.75, 3.05) is 4.90 Å². The summed E-state index contributed by atoms with van der Waals surface area (Å²) in [6, 6.07) is 3.15. The van der Waals surface area contributed by atoms with E-state index in [0.29, 0.717) is 17.2 Å². The topological polar surface area (TPSA) is 16.1 Å². The minimum Gasteiger partial charge on any atom is -0.365 e. The van der Waals surface area contributed by atoms with Gasteiger partial charge in [0.05, 0.1) is 11.9 Å². The number of halogens is 1. The molecular formula is C13H19ClN2. The summed E-state index contributed by atoms with van der Waals surface area (Å²) < 4.78 is 0. The molecule has 2 rings (SSSR count). The van der Waals surface area contributed by atoms with Crippen LogP contribution in [0.15, 0.2) is 12.3 Å². The average molecular weight is 239 g/mol. The van der Waals surface area contributed by atoms with Crippen LogP contribution < -0.4 is 4.90 Å². The van der Waals surface area contributed by atoms with Crippen molar-refractivity contribution in [2.45, 2.75) is 52.1 Å². The summed E-state index contributed by atoms with van der Waals surface area (Å²) in [5.74, 6) is 0. The smallest absolute Gasteiger partial charge is 0.129 e. The van der Waals surface area contributed by atoms with Crippen molar-refractivity contribution >= 4 is 17.3 Å². The predicted octanol–water partition coefficient (Wildman–Crippen LogP) is 3.81. The van der Waals surface area contributed by atoms with E-state index in [1.165, 1.54) is 30.5 Å². The first-order chi connectivity index (χ1) is 7.59. The van der Waals surface area contributed by atoms with E-state index >= 15 is 0 Å². The largest absolute Gasteiger partial charge is 0.365 e. The molecular weight excluding hydrogens is 220 g/mol. The summed E-state index contributed by atoms with van der Waals surface area (Å²) in [6.45, 7) is 6.70. The fourth-order valence-electron chi connectivity index (χ4n) is 2.68. The van der Waals surface area contributed by atoms with Gasteiger partial charge in [0.2, 0.25) is 0 Å². The van der Waals surface area contributed by atoms with Gasteiger partial charge in [-0.2, -0.15) is 0 Å². The third-order valence-electron chi connectivity index (χ3n) is 3.52. The molecule has 1 aromatic rings. The van der Waals surface area contributed by atoms with E-state index in [1.54, 1.807) is 0 Å². The van der Waals surface area contributed by atoms with E-state index in [-0.39, 0.29) is 0 Å². The SMILES string of the molecule is Cc1cc(Cl)ncc1N1C(C)CCCC1C. The maximum atomic E-state index is 5.90. The Morgan fingerprint density at radius 1 is 1.31 bits per heavy atom. The van der Waals surface area contributed by atoms with Crippen LogP contribution in [0, 0.1) is 6.92 Å². The highest BCUT2D eigenvalue weighted by molar-refractivity contribution is 6.29. The van der Waals surface area contributed by atoms with E-state index < -0.39 is 0 Å². The highest BCUT2D eigenvalue weighted by atomic mass is 35.5. The lowest BCUT2D eigenvalue weighted by atomic mass is 9.96. The number of pyridine rings is 1. The number of anilines is 1. The number of hydrogen-bond donors (Lipinski definition) is 0. The summed E-state index contributed by atoms with van der Waals surface area (Å²) in [4.78, 5) is 6.70. The Balaban J connectivity index is 2.34. The van der Waals surface area contributed by atoms with E-state index in [9.17, 15) is 0 Å². The van der Waals surface area contributed by atoms with Crippen LogP contribution in [-0.4, -0.2) is 17.1 Å². The highest BCUT2D eigenvalue weighted by Crippen LogP contribution is 2.31. The van der Waals surface area contributed by atoms with Gasteiger partial charge in [-0.3, -0.25) is 0 Å². The maximum Gasteiger partial charge on any atom is 0.129 e. The molecule has 1 saturated heterocycles. The minimum atomic E-state index is 0.582. The van der Waals surface area contributed by atoms with Gasteiger partial charge in [-0.25, -0.2) is 4.98 Å². The van der Waals surface area contributed by atoms with Gasteiger partial charge in [0, 0.05) is 12.1 Å². The molecule has 0 aliphatic carbocycles. The van der Waals surface area contributed by atoms with Gasteiger partial charge in [-0.1, -0.05) is 11.6 Å². The van der Waals surface area contributed by atoms with Gasteiger partial charge in [-0.15, -0.1) is 0 Å². The summed E-state index contributed by atoms with van der Waals surface area (Å²) in [5, 5.41) is 0.582. The molecule has 88 valence electrons. The van der Waals surface area contributed by atoms with Crippen LogP contribution in [0.1, 0.15) is 38.7 Å². The van der Waals surface area contributed by atoms with Crippen molar-refractivity contribution < 1.29 is 0 Å². The number of hydrogen-bond acceptors (Lipinski definition) is 2. The molecule has 1 aliphatic rings. The first-order valence-corrected chi connectivity index (χ1v) is 6.38. The molecule has 0 amide bonds. The molecule has 2 atom stereocenters. The second-order valence-electron chi connectivity index (χ2n) is 4.83. The molecule has 1 fully saturated rings. The van der Waals surface area contributed by atoms with Crippen molar-refractivity contribution in [3.63, 3.8) is 0 Å². The van der Waals surface area contributed by atoms with E-state index in [0.717, 1.165) is 0 Å². The maximum absolute atomic E-state index is 5.90. The van der Waals surface area contributed by atoms with Crippen LogP contribution in [-0.2, 0) is 0 Å². The van der Waals surface area contributed by atoms with Crippen molar-refractivity contribution in [3.8, 4) is 0 Å². The predicted molar refractivity (Wildman–Crippen MR) is 69.2 cm³/mol. The van der Waals surface area contributed by atoms with Crippen molar-refractivity contribution in [2.24, 2.45) is 0 Å². The molecule has 1 aromatic heterocycles. The molecule has 3 heteroatoms. The van der Waals surface area contributed by atoms with Crippen molar-refractivity contribution in [1.29, 1.82) is 0 Å². The second-order valence-corrected chi connectivity index (χ2v) is 5.22. The van der Waals surface area contributed by atoms with Gasteiger partial charge in [-0.05, 0) is 51.7 Å². The number of rotatable bonds is 1. The molecule has 16 heavy (non-hydrogen) atoms. The first-order valence-electron chi connectivity index (χ1n) is 6.00. The van der Waals surface area contributed by atoms with E-state index in [1.807, 2.05) is 12.3 Å². The molecule has 0 aromatic carbocycles. The highest BCUT2D eigenvalue weighted by Gasteiger charge is 2.26. The third kappa shape index (κ3) is 2.17. The fraction of sp³-hybridized carbons (Fsp3) is 0.615. The molecule has 2 nitrogen and oxygen atoms in total. The molecule has 0 spiro atoms. The Labute approximate surface area is 103 Å². The van der Waals surface area contributed by atoms with E-state index in [2.05, 4.69) is 30.7 Å². The lowest BCUT2D eigenvalue weighted by molar-refractivity contribution is 0.413. The zero-order valence-corrected chi connectivity index (χ0v) is 11.0. The number of aromatic nitrogens is 1. The summed E-state index contributed by atoms with van der Waals surface area (Å²) in [5.41, 5.74) is 2.46. The molecule has 0 bridgehead atoms. The van der Waals surface area contributed by atoms with Crippen molar-refractivity contribution in [3.05, 3.63) is 23.0 Å². The number of aryl methyl sites for hydroxylation is 1. The minimum absolute atomic E-state index is 0.582. The lowest BCUT2D eigenvalue weighted by Gasteiger charge is -2.41. The summed E-state index contributed by atoms with van der Waals surface area (Å²) >= 11 is 5.90. The summed E-state index contributed by atoms with van der Waals surface area (Å²) in [6.07, 6.45) is 5.79. The Morgan fingerprint density at radius 2 is 1.94 bits per heavy atom. The Bertz CT molecular complexity index is 368. The van der Waals surface area contributed by atoms with Gasteiger partial charge in [0.25, 0.3) is 0 Å². The van der Waals surface area contributed by atoms with Gasteiger partial charge in [0.15, 0.2) is 0 Å². The van der Waals surface area contributed by atoms with E-state index in [4.69, 9.17) is 11.6 Å². The van der Waals surface area contributed by atoms with Crippen LogP contribution in [0.5, 0.6) is 0 Å². The lowest BCUT2D eigenvalue weighted by Crippen LogP contribution is -2.44. The first kappa shape index (κ1) is 11.7. The molecule has 1 aliphatic heterocycles. The van der Waals surface area contributed by atoms with Gasteiger partial charge in [0.1, 0.15) is 5.15 Å². The van der Waals surface area contributed by atoms with Crippen LogP contribution in [0.3, 0.4) is 0 Å². The normalized spacial score (nSPS) is 25.9. The monoisotopic (exact) mass is 238 g/mol. The van der Waals surface area contributed by atoms with Crippen LogP contribution in [0.25, 0.3) is 0 Å². The Hall–Kier alpha value is -0.760. The summed E-state index contributed by atoms with van der Waals surface area (Å²) in [7, 11) is 0. The number of piperidine rings is 1. The third-order valence-corrected chi connectivity index (χ3v) is 3.73. The standard InChI is InChI=1S/C13H19ClN2/c1-9-7-13(14)15-8-12(9)16-10(2)5-4-6-11(16)3/h7-8,10-11H,4-6H2,1-3H3. The fourth-order valence-corrected chi connectivity index (χ4v) is 2.89. The molecule has 0 saturated carbocycles. The number of nitrogens with zero attached hydrogens (tertiary/aromatic N) is 2. The zero-order valence-electron chi connectivity index (χ0n) is 10.2.